The first-order chi connectivity index (χ1) is 6.92. The van der Waals surface area contributed by atoms with E-state index in [9.17, 15) is 0 Å². The first kappa shape index (κ1) is 9.87. The molecule has 0 bridgehead atoms. The summed E-state index contributed by atoms with van der Waals surface area (Å²) in [6.45, 7) is 3.84. The van der Waals surface area contributed by atoms with E-state index in [0.29, 0.717) is 5.37 Å². The summed E-state index contributed by atoms with van der Waals surface area (Å²) in [4.78, 5) is 0. The van der Waals surface area contributed by atoms with Crippen LogP contribution >= 0.6 is 11.8 Å². The summed E-state index contributed by atoms with van der Waals surface area (Å²) < 4.78 is 5.60. The third-order valence-electron chi connectivity index (χ3n) is 2.22. The van der Waals surface area contributed by atoms with E-state index in [1.807, 2.05) is 30.8 Å². The van der Waals surface area contributed by atoms with Crippen LogP contribution in [0.3, 0.4) is 0 Å². The van der Waals surface area contributed by atoms with Crippen molar-refractivity contribution in [1.29, 1.82) is 0 Å². The van der Waals surface area contributed by atoms with Gasteiger partial charge in [-0.05, 0) is 13.0 Å². The van der Waals surface area contributed by atoms with E-state index >= 15 is 0 Å². The second-order valence-corrected chi connectivity index (χ2v) is 4.39. The maximum atomic E-state index is 5.60. The van der Waals surface area contributed by atoms with E-state index in [1.54, 1.807) is 0 Å². The molecule has 2 nitrogen and oxygen atoms in total. The van der Waals surface area contributed by atoms with Crippen molar-refractivity contribution in [2.45, 2.75) is 12.3 Å². The van der Waals surface area contributed by atoms with Gasteiger partial charge >= 0.3 is 0 Å². The number of benzene rings is 1. The molecule has 1 aromatic rings. The molecule has 1 aliphatic heterocycles. The van der Waals surface area contributed by atoms with Gasteiger partial charge in [0.25, 0.3) is 0 Å². The van der Waals surface area contributed by atoms with Gasteiger partial charge in [0.2, 0.25) is 0 Å². The molecule has 1 fully saturated rings. The lowest BCUT2D eigenvalue weighted by Gasteiger charge is -2.14. The minimum absolute atomic E-state index is 0.415. The number of hydrogen-bond acceptors (Lipinski definition) is 3. The predicted molar refractivity (Wildman–Crippen MR) is 60.8 cm³/mol. The van der Waals surface area contributed by atoms with Crippen molar-refractivity contribution in [2.75, 3.05) is 18.9 Å². The van der Waals surface area contributed by atoms with Gasteiger partial charge in [0, 0.05) is 17.9 Å². The van der Waals surface area contributed by atoms with E-state index in [2.05, 4.69) is 17.4 Å². The van der Waals surface area contributed by atoms with Crippen LogP contribution < -0.4 is 10.1 Å². The number of ether oxygens (including phenoxy) is 1. The van der Waals surface area contributed by atoms with E-state index < -0.39 is 0 Å². The van der Waals surface area contributed by atoms with Crippen LogP contribution in [0.25, 0.3) is 0 Å². The molecular weight excluding hydrogens is 194 g/mol. The standard InChI is InChI=1S/C11H15NOS/c1-2-13-10-6-4-3-5-9(10)11-12-7-8-14-11/h3-6,11-12H,2,7-8H2,1H3. The van der Waals surface area contributed by atoms with Gasteiger partial charge in [0.15, 0.2) is 0 Å². The maximum absolute atomic E-state index is 5.60. The number of thioether (sulfide) groups is 1. The molecule has 76 valence electrons. The van der Waals surface area contributed by atoms with Crippen molar-refractivity contribution >= 4 is 11.8 Å². The van der Waals surface area contributed by atoms with Crippen molar-refractivity contribution < 1.29 is 4.74 Å². The van der Waals surface area contributed by atoms with Gasteiger partial charge in [-0.15, -0.1) is 11.8 Å². The van der Waals surface area contributed by atoms with E-state index in [1.165, 1.54) is 11.3 Å². The average molecular weight is 209 g/mol. The SMILES string of the molecule is CCOc1ccccc1C1NCCS1. The molecule has 14 heavy (non-hydrogen) atoms. The molecule has 0 amide bonds. The summed E-state index contributed by atoms with van der Waals surface area (Å²) in [6.07, 6.45) is 0. The second-order valence-electron chi connectivity index (χ2n) is 3.18. The molecule has 0 spiro atoms. The van der Waals surface area contributed by atoms with Crippen molar-refractivity contribution in [3.8, 4) is 5.75 Å². The van der Waals surface area contributed by atoms with Crippen molar-refractivity contribution in [3.05, 3.63) is 29.8 Å². The Kier molecular flexibility index (Phi) is 3.32. The highest BCUT2D eigenvalue weighted by atomic mass is 32.2. The molecule has 1 aromatic carbocycles. The Morgan fingerprint density at radius 3 is 3.07 bits per heavy atom. The highest BCUT2D eigenvalue weighted by Gasteiger charge is 2.19. The molecule has 0 radical (unpaired) electrons. The van der Waals surface area contributed by atoms with Gasteiger partial charge < -0.3 is 10.1 Å². The molecule has 0 saturated carbocycles. The number of hydrogen-bond donors (Lipinski definition) is 1. The lowest BCUT2D eigenvalue weighted by Crippen LogP contribution is -2.13. The van der Waals surface area contributed by atoms with Crippen molar-refractivity contribution in [2.24, 2.45) is 0 Å². The van der Waals surface area contributed by atoms with Crippen LogP contribution in [0.2, 0.25) is 0 Å². The highest BCUT2D eigenvalue weighted by molar-refractivity contribution is 7.99. The Bertz CT molecular complexity index is 297. The summed E-state index contributed by atoms with van der Waals surface area (Å²) in [5.74, 6) is 2.20. The van der Waals surface area contributed by atoms with Gasteiger partial charge in [-0.1, -0.05) is 18.2 Å². The summed E-state index contributed by atoms with van der Waals surface area (Å²) in [6, 6.07) is 8.27. The molecule has 1 unspecified atom stereocenters. The lowest BCUT2D eigenvalue weighted by atomic mass is 10.2. The highest BCUT2D eigenvalue weighted by Crippen LogP contribution is 2.35. The van der Waals surface area contributed by atoms with Gasteiger partial charge in [-0.2, -0.15) is 0 Å². The molecule has 1 heterocycles. The topological polar surface area (TPSA) is 21.3 Å². The van der Waals surface area contributed by atoms with Gasteiger partial charge in [-0.25, -0.2) is 0 Å². The zero-order chi connectivity index (χ0) is 9.80. The Morgan fingerprint density at radius 2 is 2.36 bits per heavy atom. The predicted octanol–water partition coefficient (Wildman–Crippen LogP) is 2.42. The minimum Gasteiger partial charge on any atom is -0.494 e. The Morgan fingerprint density at radius 1 is 1.50 bits per heavy atom. The van der Waals surface area contributed by atoms with Crippen LogP contribution in [0.1, 0.15) is 17.9 Å². The normalized spacial score (nSPS) is 21.1. The first-order valence-corrected chi connectivity index (χ1v) is 6.03. The van der Waals surface area contributed by atoms with E-state index in [-0.39, 0.29) is 0 Å². The number of rotatable bonds is 3. The van der Waals surface area contributed by atoms with Crippen LogP contribution in [0, 0.1) is 0 Å². The number of para-hydroxylation sites is 1. The van der Waals surface area contributed by atoms with Crippen LogP contribution in [0.4, 0.5) is 0 Å². The van der Waals surface area contributed by atoms with Crippen LogP contribution in [-0.4, -0.2) is 18.9 Å². The summed E-state index contributed by atoms with van der Waals surface area (Å²) in [5.41, 5.74) is 1.27. The van der Waals surface area contributed by atoms with E-state index in [0.717, 1.165) is 18.9 Å². The first-order valence-electron chi connectivity index (χ1n) is 4.98. The maximum Gasteiger partial charge on any atom is 0.124 e. The number of nitrogens with one attached hydrogen (secondary N) is 1. The Labute approximate surface area is 89.0 Å². The average Bonchev–Trinajstić information content (AvgIpc) is 2.72. The summed E-state index contributed by atoms with van der Waals surface area (Å²) in [7, 11) is 0. The second kappa shape index (κ2) is 4.71. The largest absolute Gasteiger partial charge is 0.494 e. The third kappa shape index (κ3) is 2.04. The smallest absolute Gasteiger partial charge is 0.124 e. The molecule has 1 atom stereocenters. The molecule has 1 N–H and O–H groups in total. The minimum atomic E-state index is 0.415. The van der Waals surface area contributed by atoms with Crippen LogP contribution in [0.5, 0.6) is 5.75 Å². The quantitative estimate of drug-likeness (QED) is 0.826. The Balaban J connectivity index is 2.21. The summed E-state index contributed by atoms with van der Waals surface area (Å²) >= 11 is 1.94. The fourth-order valence-corrected chi connectivity index (χ4v) is 2.69. The molecule has 1 aliphatic rings. The zero-order valence-electron chi connectivity index (χ0n) is 8.32. The molecule has 0 aliphatic carbocycles. The van der Waals surface area contributed by atoms with Crippen molar-refractivity contribution in [1.82, 2.24) is 5.32 Å². The molecule has 3 heteroatoms. The molecular formula is C11H15NOS. The zero-order valence-corrected chi connectivity index (χ0v) is 9.14. The molecule has 2 rings (SSSR count). The Hall–Kier alpha value is -0.670. The van der Waals surface area contributed by atoms with E-state index in [4.69, 9.17) is 4.74 Å². The molecule has 0 aromatic heterocycles. The third-order valence-corrected chi connectivity index (χ3v) is 3.41. The van der Waals surface area contributed by atoms with Gasteiger partial charge in [0.05, 0.1) is 12.0 Å². The molecule has 1 saturated heterocycles. The van der Waals surface area contributed by atoms with Gasteiger partial charge in [0.1, 0.15) is 5.75 Å². The van der Waals surface area contributed by atoms with Gasteiger partial charge in [-0.3, -0.25) is 0 Å². The monoisotopic (exact) mass is 209 g/mol. The fraction of sp³-hybridized carbons (Fsp3) is 0.455. The van der Waals surface area contributed by atoms with Crippen molar-refractivity contribution in [3.63, 3.8) is 0 Å². The fourth-order valence-electron chi connectivity index (χ4n) is 1.61. The van der Waals surface area contributed by atoms with Crippen LogP contribution in [0.15, 0.2) is 24.3 Å². The lowest BCUT2D eigenvalue weighted by molar-refractivity contribution is 0.335. The summed E-state index contributed by atoms with van der Waals surface area (Å²) in [5, 5.41) is 3.87. The van der Waals surface area contributed by atoms with Crippen LogP contribution in [-0.2, 0) is 0 Å².